The van der Waals surface area contributed by atoms with Gasteiger partial charge in [-0.2, -0.15) is 0 Å². The molecule has 0 radical (unpaired) electrons. The highest BCUT2D eigenvalue weighted by atomic mass is 16.5. The molecule has 21 heavy (non-hydrogen) atoms. The number of nitrogens with one attached hydrogen (secondary N) is 1. The zero-order valence-corrected chi connectivity index (χ0v) is 13.5. The first kappa shape index (κ1) is 16.7. The van der Waals surface area contributed by atoms with E-state index in [2.05, 4.69) is 19.2 Å². The van der Waals surface area contributed by atoms with Crippen molar-refractivity contribution in [3.05, 3.63) is 0 Å². The van der Waals surface area contributed by atoms with Crippen LogP contribution >= 0.6 is 0 Å². The number of ether oxygens (including phenoxy) is 3. The number of esters is 1. The SMILES string of the molecule is COC(=O)C(CC(C)C)NC1CCOC2(CCOCC2)C1. The molecule has 2 rings (SSSR count). The molecule has 0 saturated carbocycles. The molecule has 2 fully saturated rings. The van der Waals surface area contributed by atoms with Gasteiger partial charge in [0, 0.05) is 25.9 Å². The number of rotatable bonds is 5. The van der Waals surface area contributed by atoms with Gasteiger partial charge in [0.25, 0.3) is 0 Å². The summed E-state index contributed by atoms with van der Waals surface area (Å²) < 4.78 is 16.4. The lowest BCUT2D eigenvalue weighted by molar-refractivity contribution is -0.149. The van der Waals surface area contributed by atoms with Gasteiger partial charge >= 0.3 is 5.97 Å². The molecule has 5 nitrogen and oxygen atoms in total. The fourth-order valence-electron chi connectivity index (χ4n) is 3.39. The number of carbonyl (C=O) groups excluding carboxylic acids is 1. The quantitative estimate of drug-likeness (QED) is 0.786. The maximum Gasteiger partial charge on any atom is 0.322 e. The van der Waals surface area contributed by atoms with Crippen LogP contribution in [0.25, 0.3) is 0 Å². The van der Waals surface area contributed by atoms with E-state index in [4.69, 9.17) is 14.2 Å². The Morgan fingerprint density at radius 3 is 2.67 bits per heavy atom. The summed E-state index contributed by atoms with van der Waals surface area (Å²) in [5, 5.41) is 3.51. The second-order valence-corrected chi connectivity index (χ2v) is 6.71. The Morgan fingerprint density at radius 2 is 2.05 bits per heavy atom. The third kappa shape index (κ3) is 4.66. The van der Waals surface area contributed by atoms with Gasteiger partial charge in [-0.15, -0.1) is 0 Å². The van der Waals surface area contributed by atoms with Crippen LogP contribution in [0.4, 0.5) is 0 Å². The molecular formula is C16H29NO4. The molecule has 122 valence electrons. The third-order valence-corrected chi connectivity index (χ3v) is 4.53. The van der Waals surface area contributed by atoms with Gasteiger partial charge in [0.15, 0.2) is 0 Å². The second kappa shape index (κ2) is 7.56. The zero-order valence-electron chi connectivity index (χ0n) is 13.5. The van der Waals surface area contributed by atoms with Gasteiger partial charge in [-0.1, -0.05) is 13.8 Å². The van der Waals surface area contributed by atoms with Crippen LogP contribution in [0.15, 0.2) is 0 Å². The normalized spacial score (nSPS) is 26.8. The summed E-state index contributed by atoms with van der Waals surface area (Å²) in [6.45, 7) is 6.56. The molecule has 0 amide bonds. The van der Waals surface area contributed by atoms with Gasteiger partial charge in [-0.3, -0.25) is 4.79 Å². The average Bonchev–Trinajstić information content (AvgIpc) is 2.46. The molecule has 1 spiro atoms. The minimum absolute atomic E-state index is 0.0489. The van der Waals surface area contributed by atoms with E-state index in [-0.39, 0.29) is 17.6 Å². The molecule has 0 aromatic carbocycles. The number of carbonyl (C=O) groups is 1. The van der Waals surface area contributed by atoms with E-state index in [0.717, 1.165) is 51.9 Å². The molecular weight excluding hydrogens is 270 g/mol. The minimum atomic E-state index is -0.213. The van der Waals surface area contributed by atoms with Crippen LogP contribution in [0, 0.1) is 5.92 Å². The van der Waals surface area contributed by atoms with Crippen molar-refractivity contribution in [3.8, 4) is 0 Å². The summed E-state index contributed by atoms with van der Waals surface area (Å²) in [5.41, 5.74) is -0.0489. The Hall–Kier alpha value is -0.650. The van der Waals surface area contributed by atoms with E-state index in [1.807, 2.05) is 0 Å². The first-order valence-corrected chi connectivity index (χ1v) is 8.10. The van der Waals surface area contributed by atoms with E-state index >= 15 is 0 Å². The number of hydrogen-bond donors (Lipinski definition) is 1. The van der Waals surface area contributed by atoms with Crippen molar-refractivity contribution in [2.45, 2.75) is 63.6 Å². The van der Waals surface area contributed by atoms with Gasteiger partial charge in [0.1, 0.15) is 6.04 Å². The minimum Gasteiger partial charge on any atom is -0.468 e. The largest absolute Gasteiger partial charge is 0.468 e. The van der Waals surface area contributed by atoms with Gasteiger partial charge < -0.3 is 19.5 Å². The summed E-state index contributed by atoms with van der Waals surface area (Å²) in [6, 6.07) is 0.106. The standard InChI is InChI=1S/C16H29NO4/c1-12(2)10-14(15(18)19-3)17-13-4-7-21-16(11-13)5-8-20-9-6-16/h12-14,17H,4-11H2,1-3H3. The van der Waals surface area contributed by atoms with Crippen LogP contribution in [-0.4, -0.2) is 50.6 Å². The fourth-order valence-corrected chi connectivity index (χ4v) is 3.39. The van der Waals surface area contributed by atoms with Crippen molar-refractivity contribution < 1.29 is 19.0 Å². The molecule has 0 aliphatic carbocycles. The molecule has 0 bridgehead atoms. The van der Waals surface area contributed by atoms with Crippen LogP contribution < -0.4 is 5.32 Å². The first-order chi connectivity index (χ1) is 10.0. The highest BCUT2D eigenvalue weighted by molar-refractivity contribution is 5.75. The highest BCUT2D eigenvalue weighted by Gasteiger charge is 2.40. The molecule has 2 saturated heterocycles. The van der Waals surface area contributed by atoms with Crippen LogP contribution in [-0.2, 0) is 19.0 Å². The molecule has 2 heterocycles. The maximum absolute atomic E-state index is 12.0. The molecule has 2 unspecified atom stereocenters. The topological polar surface area (TPSA) is 56.8 Å². The predicted molar refractivity (Wildman–Crippen MR) is 80.2 cm³/mol. The van der Waals surface area contributed by atoms with Crippen molar-refractivity contribution in [1.29, 1.82) is 0 Å². The fraction of sp³-hybridized carbons (Fsp3) is 0.938. The van der Waals surface area contributed by atoms with Crippen LogP contribution in [0.1, 0.15) is 46.0 Å². The molecule has 2 atom stereocenters. The van der Waals surface area contributed by atoms with Gasteiger partial charge in [-0.25, -0.2) is 0 Å². The molecule has 0 aromatic heterocycles. The van der Waals surface area contributed by atoms with Crippen LogP contribution in [0.2, 0.25) is 0 Å². The number of hydrogen-bond acceptors (Lipinski definition) is 5. The average molecular weight is 299 g/mol. The van der Waals surface area contributed by atoms with E-state index in [9.17, 15) is 4.79 Å². The Morgan fingerprint density at radius 1 is 1.33 bits per heavy atom. The lowest BCUT2D eigenvalue weighted by atomic mass is 9.83. The summed E-state index contributed by atoms with van der Waals surface area (Å²) in [4.78, 5) is 12.0. The summed E-state index contributed by atoms with van der Waals surface area (Å²) >= 11 is 0. The van der Waals surface area contributed by atoms with E-state index < -0.39 is 0 Å². The van der Waals surface area contributed by atoms with Crippen molar-refractivity contribution >= 4 is 5.97 Å². The Kier molecular flexibility index (Phi) is 6.02. The lowest BCUT2D eigenvalue weighted by Gasteiger charge is -2.44. The van der Waals surface area contributed by atoms with Crippen LogP contribution in [0.3, 0.4) is 0 Å². The van der Waals surface area contributed by atoms with Gasteiger partial charge in [0.05, 0.1) is 12.7 Å². The molecule has 5 heteroatoms. The zero-order chi connectivity index (χ0) is 15.3. The van der Waals surface area contributed by atoms with E-state index in [1.54, 1.807) is 0 Å². The van der Waals surface area contributed by atoms with E-state index in [1.165, 1.54) is 7.11 Å². The summed E-state index contributed by atoms with van der Waals surface area (Å²) in [5.74, 6) is 0.301. The first-order valence-electron chi connectivity index (χ1n) is 8.10. The Bertz CT molecular complexity index is 334. The lowest BCUT2D eigenvalue weighted by Crippen LogP contribution is -2.53. The Labute approximate surface area is 127 Å². The third-order valence-electron chi connectivity index (χ3n) is 4.53. The molecule has 2 aliphatic rings. The smallest absolute Gasteiger partial charge is 0.322 e. The molecule has 1 N–H and O–H groups in total. The highest BCUT2D eigenvalue weighted by Crippen LogP contribution is 2.34. The molecule has 2 aliphatic heterocycles. The van der Waals surface area contributed by atoms with Crippen molar-refractivity contribution in [2.24, 2.45) is 5.92 Å². The van der Waals surface area contributed by atoms with Gasteiger partial charge in [-0.05, 0) is 38.0 Å². The summed E-state index contributed by atoms with van der Waals surface area (Å²) in [6.07, 6.45) is 4.63. The van der Waals surface area contributed by atoms with Crippen molar-refractivity contribution in [2.75, 3.05) is 26.9 Å². The summed E-state index contributed by atoms with van der Waals surface area (Å²) in [7, 11) is 1.46. The van der Waals surface area contributed by atoms with Crippen molar-refractivity contribution in [1.82, 2.24) is 5.32 Å². The monoisotopic (exact) mass is 299 g/mol. The van der Waals surface area contributed by atoms with Crippen LogP contribution in [0.5, 0.6) is 0 Å². The number of methoxy groups -OCH3 is 1. The van der Waals surface area contributed by atoms with E-state index in [0.29, 0.717) is 12.0 Å². The maximum atomic E-state index is 12.0. The Balaban J connectivity index is 1.94. The molecule has 0 aromatic rings. The van der Waals surface area contributed by atoms with Gasteiger partial charge in [0.2, 0.25) is 0 Å². The predicted octanol–water partition coefficient (Wildman–Crippen LogP) is 1.89. The van der Waals surface area contributed by atoms with Crippen molar-refractivity contribution in [3.63, 3.8) is 0 Å². The second-order valence-electron chi connectivity index (χ2n) is 6.71.